The third kappa shape index (κ3) is 4.39. The van der Waals surface area contributed by atoms with Crippen molar-refractivity contribution in [3.8, 4) is 0 Å². The number of aryl methyl sites for hydroxylation is 2. The summed E-state index contributed by atoms with van der Waals surface area (Å²) >= 11 is 0. The summed E-state index contributed by atoms with van der Waals surface area (Å²) in [5, 5.41) is 2.71. The van der Waals surface area contributed by atoms with Gasteiger partial charge in [0.2, 0.25) is 15.9 Å². The van der Waals surface area contributed by atoms with Crippen molar-refractivity contribution in [2.45, 2.75) is 31.7 Å². The van der Waals surface area contributed by atoms with Gasteiger partial charge in [-0.25, -0.2) is 12.8 Å². The summed E-state index contributed by atoms with van der Waals surface area (Å²) in [5.41, 5.74) is 2.49. The first kappa shape index (κ1) is 18.1. The van der Waals surface area contributed by atoms with Gasteiger partial charge >= 0.3 is 0 Å². The minimum atomic E-state index is -3.91. The van der Waals surface area contributed by atoms with E-state index < -0.39 is 27.8 Å². The van der Waals surface area contributed by atoms with Crippen LogP contribution in [0, 0.1) is 19.7 Å². The van der Waals surface area contributed by atoms with Crippen LogP contribution in [-0.2, 0) is 14.8 Å². The largest absolute Gasteiger partial charge is 0.324 e. The lowest BCUT2D eigenvalue weighted by Crippen LogP contribution is -2.41. The lowest BCUT2D eigenvalue weighted by Gasteiger charge is -2.16. The standard InChI is InChI=1S/C17H19FN2O3S/c1-11-4-5-12(2)16(10-11)19-17(21)13(3)20-24(22,23)15-8-6-14(18)7-9-15/h4-10,13,20H,1-3H3,(H,19,21)/t13-/m0/s1. The van der Waals surface area contributed by atoms with E-state index in [1.807, 2.05) is 32.0 Å². The predicted molar refractivity (Wildman–Crippen MR) is 90.7 cm³/mol. The smallest absolute Gasteiger partial charge is 0.242 e. The Hall–Kier alpha value is -2.25. The summed E-state index contributed by atoms with van der Waals surface area (Å²) in [5.74, 6) is -1.01. The fraction of sp³-hybridized carbons (Fsp3) is 0.235. The number of hydrogen-bond acceptors (Lipinski definition) is 3. The number of halogens is 1. The summed E-state index contributed by atoms with van der Waals surface area (Å²) in [6, 6.07) is 9.02. The zero-order valence-electron chi connectivity index (χ0n) is 13.6. The molecule has 0 heterocycles. The molecule has 2 N–H and O–H groups in total. The highest BCUT2D eigenvalue weighted by atomic mass is 32.2. The van der Waals surface area contributed by atoms with E-state index in [0.717, 1.165) is 35.4 Å². The normalized spacial score (nSPS) is 12.7. The van der Waals surface area contributed by atoms with Crippen LogP contribution >= 0.6 is 0 Å². The van der Waals surface area contributed by atoms with E-state index in [1.54, 1.807) is 0 Å². The summed E-state index contributed by atoms with van der Waals surface area (Å²) in [6.07, 6.45) is 0. The molecule has 0 aliphatic rings. The third-order valence-electron chi connectivity index (χ3n) is 3.50. The van der Waals surface area contributed by atoms with E-state index in [0.29, 0.717) is 5.69 Å². The number of amides is 1. The number of sulfonamides is 1. The molecule has 2 aromatic carbocycles. The highest BCUT2D eigenvalue weighted by Crippen LogP contribution is 2.17. The Morgan fingerprint density at radius 1 is 1.08 bits per heavy atom. The number of anilines is 1. The van der Waals surface area contributed by atoms with Crippen molar-refractivity contribution in [3.05, 3.63) is 59.4 Å². The quantitative estimate of drug-likeness (QED) is 0.871. The van der Waals surface area contributed by atoms with E-state index in [2.05, 4.69) is 10.0 Å². The number of rotatable bonds is 5. The van der Waals surface area contributed by atoms with Crippen molar-refractivity contribution >= 4 is 21.6 Å². The van der Waals surface area contributed by atoms with Crippen LogP contribution in [0.4, 0.5) is 10.1 Å². The summed E-state index contributed by atoms with van der Waals surface area (Å²) in [6.45, 7) is 5.19. The van der Waals surface area contributed by atoms with Gasteiger partial charge in [0.15, 0.2) is 0 Å². The van der Waals surface area contributed by atoms with Gasteiger partial charge in [0.1, 0.15) is 5.82 Å². The Morgan fingerprint density at radius 3 is 2.33 bits per heavy atom. The lowest BCUT2D eigenvalue weighted by atomic mass is 10.1. The molecule has 1 atom stereocenters. The van der Waals surface area contributed by atoms with Crippen LogP contribution in [0.1, 0.15) is 18.1 Å². The van der Waals surface area contributed by atoms with E-state index in [1.165, 1.54) is 6.92 Å². The Kier molecular flexibility index (Phi) is 5.36. The molecule has 0 fully saturated rings. The van der Waals surface area contributed by atoms with Crippen molar-refractivity contribution < 1.29 is 17.6 Å². The summed E-state index contributed by atoms with van der Waals surface area (Å²) < 4.78 is 39.6. The number of hydrogen-bond donors (Lipinski definition) is 2. The first-order chi connectivity index (χ1) is 11.2. The van der Waals surface area contributed by atoms with E-state index in [9.17, 15) is 17.6 Å². The summed E-state index contributed by atoms with van der Waals surface area (Å²) in [4.78, 5) is 12.1. The van der Waals surface area contributed by atoms with Crippen LogP contribution in [-0.4, -0.2) is 20.4 Å². The van der Waals surface area contributed by atoms with Gasteiger partial charge in [-0.2, -0.15) is 4.72 Å². The molecule has 2 rings (SSSR count). The second kappa shape index (κ2) is 7.11. The Bertz CT molecular complexity index is 849. The van der Waals surface area contributed by atoms with Gasteiger partial charge in [0.05, 0.1) is 10.9 Å². The number of benzene rings is 2. The molecule has 0 spiro atoms. The molecule has 128 valence electrons. The van der Waals surface area contributed by atoms with Crippen LogP contribution in [0.15, 0.2) is 47.4 Å². The second-order valence-electron chi connectivity index (χ2n) is 5.60. The summed E-state index contributed by atoms with van der Waals surface area (Å²) in [7, 11) is -3.91. The van der Waals surface area contributed by atoms with Gasteiger partial charge in [0, 0.05) is 5.69 Å². The molecule has 7 heteroatoms. The number of carbonyl (C=O) groups excluding carboxylic acids is 1. The maximum Gasteiger partial charge on any atom is 0.242 e. The molecule has 5 nitrogen and oxygen atoms in total. The molecule has 0 saturated heterocycles. The minimum Gasteiger partial charge on any atom is -0.324 e. The molecule has 0 saturated carbocycles. The first-order valence-corrected chi connectivity index (χ1v) is 8.83. The van der Waals surface area contributed by atoms with Crippen LogP contribution in [0.3, 0.4) is 0 Å². The fourth-order valence-electron chi connectivity index (χ4n) is 2.08. The number of carbonyl (C=O) groups is 1. The van der Waals surface area contributed by atoms with Crippen molar-refractivity contribution in [2.24, 2.45) is 0 Å². The Labute approximate surface area is 141 Å². The first-order valence-electron chi connectivity index (χ1n) is 7.35. The number of nitrogens with one attached hydrogen (secondary N) is 2. The Balaban J connectivity index is 2.10. The van der Waals surface area contributed by atoms with E-state index >= 15 is 0 Å². The van der Waals surface area contributed by atoms with Crippen molar-refractivity contribution in [2.75, 3.05) is 5.32 Å². The van der Waals surface area contributed by atoms with Gasteiger partial charge in [-0.1, -0.05) is 12.1 Å². The molecule has 0 bridgehead atoms. The van der Waals surface area contributed by atoms with Gasteiger partial charge in [0.25, 0.3) is 0 Å². The van der Waals surface area contributed by atoms with Crippen LogP contribution in [0.25, 0.3) is 0 Å². The van der Waals surface area contributed by atoms with Gasteiger partial charge in [-0.05, 0) is 62.2 Å². The predicted octanol–water partition coefficient (Wildman–Crippen LogP) is 2.75. The topological polar surface area (TPSA) is 75.3 Å². The van der Waals surface area contributed by atoms with Gasteiger partial charge in [-0.15, -0.1) is 0 Å². The van der Waals surface area contributed by atoms with E-state index in [-0.39, 0.29) is 4.90 Å². The highest BCUT2D eigenvalue weighted by molar-refractivity contribution is 7.89. The van der Waals surface area contributed by atoms with Crippen molar-refractivity contribution in [3.63, 3.8) is 0 Å². The van der Waals surface area contributed by atoms with Gasteiger partial charge in [-0.3, -0.25) is 4.79 Å². The lowest BCUT2D eigenvalue weighted by molar-refractivity contribution is -0.117. The molecule has 0 unspecified atom stereocenters. The maximum atomic E-state index is 12.9. The molecule has 0 aliphatic carbocycles. The zero-order chi connectivity index (χ0) is 17.9. The molecule has 24 heavy (non-hydrogen) atoms. The SMILES string of the molecule is Cc1ccc(C)c(NC(=O)[C@H](C)NS(=O)(=O)c2ccc(F)cc2)c1. The molecule has 2 aromatic rings. The fourth-order valence-corrected chi connectivity index (χ4v) is 3.28. The highest BCUT2D eigenvalue weighted by Gasteiger charge is 2.22. The monoisotopic (exact) mass is 350 g/mol. The third-order valence-corrected chi connectivity index (χ3v) is 5.06. The van der Waals surface area contributed by atoms with Gasteiger partial charge < -0.3 is 5.32 Å². The average Bonchev–Trinajstić information content (AvgIpc) is 2.51. The molecule has 0 radical (unpaired) electrons. The van der Waals surface area contributed by atoms with Crippen LogP contribution in [0.5, 0.6) is 0 Å². The van der Waals surface area contributed by atoms with Crippen LogP contribution in [0.2, 0.25) is 0 Å². The Morgan fingerprint density at radius 2 is 1.71 bits per heavy atom. The molecular weight excluding hydrogens is 331 g/mol. The molecule has 1 amide bonds. The molecule has 0 aromatic heterocycles. The maximum absolute atomic E-state index is 12.9. The zero-order valence-corrected chi connectivity index (χ0v) is 14.4. The molecule has 0 aliphatic heterocycles. The molecular formula is C17H19FN2O3S. The van der Waals surface area contributed by atoms with Crippen LogP contribution < -0.4 is 10.0 Å². The van der Waals surface area contributed by atoms with Crippen molar-refractivity contribution in [1.29, 1.82) is 0 Å². The van der Waals surface area contributed by atoms with Crippen molar-refractivity contribution in [1.82, 2.24) is 4.72 Å². The second-order valence-corrected chi connectivity index (χ2v) is 7.32. The minimum absolute atomic E-state index is 0.102. The average molecular weight is 350 g/mol. The van der Waals surface area contributed by atoms with E-state index in [4.69, 9.17) is 0 Å².